The van der Waals surface area contributed by atoms with Crippen LogP contribution in [0.5, 0.6) is 11.5 Å². The summed E-state index contributed by atoms with van der Waals surface area (Å²) < 4.78 is 47.6. The number of alkyl halides is 3. The molecule has 0 saturated carbocycles. The van der Waals surface area contributed by atoms with E-state index in [1.54, 1.807) is 24.3 Å². The van der Waals surface area contributed by atoms with E-state index in [1.165, 1.54) is 23.1 Å². The standard InChI is InChI=1S/C21H23F3N4O3S.ClH/c1-4-30-17-8-6-5-7-15(17)25-19(29)28(12-11-27(2)3)20-26-16-10-9-14(13-18(16)32-20)31-21(22,23)24;/h5-10,13H,4,11-12H2,1-3H3,(H,25,29);1H. The van der Waals surface area contributed by atoms with Crippen LogP contribution in [0.25, 0.3) is 10.2 Å². The van der Waals surface area contributed by atoms with Gasteiger partial charge in [0.15, 0.2) is 5.13 Å². The molecule has 0 unspecified atom stereocenters. The maximum absolute atomic E-state index is 13.1. The van der Waals surface area contributed by atoms with Gasteiger partial charge in [-0.1, -0.05) is 23.5 Å². The van der Waals surface area contributed by atoms with Crippen LogP contribution in [0.1, 0.15) is 6.92 Å². The van der Waals surface area contributed by atoms with E-state index < -0.39 is 12.4 Å². The van der Waals surface area contributed by atoms with Gasteiger partial charge in [-0.15, -0.1) is 25.6 Å². The van der Waals surface area contributed by atoms with Crippen LogP contribution in [0, 0.1) is 0 Å². The van der Waals surface area contributed by atoms with E-state index in [0.29, 0.717) is 46.5 Å². The first kappa shape index (κ1) is 26.5. The maximum Gasteiger partial charge on any atom is 0.573 e. The van der Waals surface area contributed by atoms with Gasteiger partial charge in [-0.2, -0.15) is 0 Å². The number of benzene rings is 2. The number of rotatable bonds is 8. The first-order chi connectivity index (χ1) is 15.2. The number of ether oxygens (including phenoxy) is 2. The zero-order valence-electron chi connectivity index (χ0n) is 18.2. The second kappa shape index (κ2) is 11.4. The van der Waals surface area contributed by atoms with E-state index in [4.69, 9.17) is 4.74 Å². The molecule has 0 saturated heterocycles. The highest BCUT2D eigenvalue weighted by molar-refractivity contribution is 7.22. The Hall–Kier alpha value is -2.76. The number of fused-ring (bicyclic) bond motifs is 1. The van der Waals surface area contributed by atoms with Crippen molar-refractivity contribution < 1.29 is 27.4 Å². The Kier molecular flexibility index (Phi) is 9.15. The normalized spacial score (nSPS) is 11.2. The molecular weight excluding hydrogens is 481 g/mol. The van der Waals surface area contributed by atoms with Gasteiger partial charge in [0.05, 0.1) is 22.5 Å². The van der Waals surface area contributed by atoms with Crippen LogP contribution in [-0.4, -0.2) is 56.1 Å². The van der Waals surface area contributed by atoms with E-state index in [2.05, 4.69) is 15.0 Å². The molecule has 0 atom stereocenters. The van der Waals surface area contributed by atoms with Gasteiger partial charge in [-0.3, -0.25) is 4.90 Å². The zero-order chi connectivity index (χ0) is 23.3. The van der Waals surface area contributed by atoms with Crippen molar-refractivity contribution >= 4 is 50.8 Å². The number of hydrogen-bond acceptors (Lipinski definition) is 6. The first-order valence-electron chi connectivity index (χ1n) is 9.77. The molecule has 0 aliphatic heterocycles. The van der Waals surface area contributed by atoms with E-state index in [-0.39, 0.29) is 18.2 Å². The summed E-state index contributed by atoms with van der Waals surface area (Å²) in [5, 5.41) is 3.20. The van der Waals surface area contributed by atoms with Gasteiger partial charge in [0.2, 0.25) is 0 Å². The second-order valence-corrected chi connectivity index (χ2v) is 8.00. The van der Waals surface area contributed by atoms with Crippen molar-refractivity contribution in [3.63, 3.8) is 0 Å². The maximum atomic E-state index is 13.1. The number of aromatic nitrogens is 1. The lowest BCUT2D eigenvalue weighted by molar-refractivity contribution is -0.274. The Bertz CT molecular complexity index is 1080. The number of nitrogens with one attached hydrogen (secondary N) is 1. The molecule has 3 aromatic rings. The van der Waals surface area contributed by atoms with Gasteiger partial charge < -0.3 is 19.7 Å². The minimum atomic E-state index is -4.78. The lowest BCUT2D eigenvalue weighted by Crippen LogP contribution is -2.39. The molecule has 1 heterocycles. The van der Waals surface area contributed by atoms with E-state index in [9.17, 15) is 18.0 Å². The molecule has 3 rings (SSSR count). The van der Waals surface area contributed by atoms with Gasteiger partial charge in [-0.05, 0) is 45.3 Å². The summed E-state index contributed by atoms with van der Waals surface area (Å²) in [7, 11) is 3.75. The average Bonchev–Trinajstić information content (AvgIpc) is 3.11. The van der Waals surface area contributed by atoms with Crippen molar-refractivity contribution in [3.8, 4) is 11.5 Å². The highest BCUT2D eigenvalue weighted by Gasteiger charge is 2.31. The fourth-order valence-electron chi connectivity index (χ4n) is 2.82. The van der Waals surface area contributed by atoms with Crippen molar-refractivity contribution in [1.29, 1.82) is 0 Å². The number of anilines is 2. The predicted octanol–water partition coefficient (Wildman–Crippen LogP) is 5.62. The van der Waals surface area contributed by atoms with Crippen molar-refractivity contribution in [2.45, 2.75) is 13.3 Å². The second-order valence-electron chi connectivity index (χ2n) is 6.99. The number of likely N-dealkylation sites (N-methyl/N-ethyl adjacent to an activating group) is 1. The summed E-state index contributed by atoms with van der Waals surface area (Å²) in [6.45, 7) is 3.16. The topological polar surface area (TPSA) is 66.9 Å². The molecule has 2 aromatic carbocycles. The van der Waals surface area contributed by atoms with Crippen LogP contribution in [0.3, 0.4) is 0 Å². The summed E-state index contributed by atoms with van der Waals surface area (Å²) in [5.74, 6) is 0.198. The Morgan fingerprint density at radius 3 is 2.55 bits per heavy atom. The van der Waals surface area contributed by atoms with Gasteiger partial charge >= 0.3 is 12.4 Å². The highest BCUT2D eigenvalue weighted by atomic mass is 35.5. The number of hydrogen-bond donors (Lipinski definition) is 1. The Morgan fingerprint density at radius 2 is 1.88 bits per heavy atom. The van der Waals surface area contributed by atoms with Crippen molar-refractivity contribution in [3.05, 3.63) is 42.5 Å². The van der Waals surface area contributed by atoms with Crippen LogP contribution >= 0.6 is 23.7 Å². The minimum absolute atomic E-state index is 0. The molecule has 180 valence electrons. The number of carbonyl (C=O) groups is 1. The molecule has 1 N–H and O–H groups in total. The largest absolute Gasteiger partial charge is 0.573 e. The van der Waals surface area contributed by atoms with Crippen LogP contribution < -0.4 is 19.7 Å². The molecule has 7 nitrogen and oxygen atoms in total. The molecule has 0 aliphatic carbocycles. The molecule has 12 heteroatoms. The van der Waals surface area contributed by atoms with Gasteiger partial charge in [0.1, 0.15) is 11.5 Å². The zero-order valence-corrected chi connectivity index (χ0v) is 19.8. The first-order valence-corrected chi connectivity index (χ1v) is 10.6. The summed E-state index contributed by atoms with van der Waals surface area (Å²) in [6.07, 6.45) is -4.78. The summed E-state index contributed by atoms with van der Waals surface area (Å²) in [6, 6.07) is 10.5. The molecular formula is C21H24ClF3N4O3S. The number of nitrogens with zero attached hydrogens (tertiary/aromatic N) is 3. The third kappa shape index (κ3) is 7.37. The molecule has 1 aromatic heterocycles. The van der Waals surface area contributed by atoms with E-state index in [0.717, 1.165) is 11.3 Å². The van der Waals surface area contributed by atoms with E-state index in [1.807, 2.05) is 25.9 Å². The molecule has 2 amide bonds. The highest BCUT2D eigenvalue weighted by Crippen LogP contribution is 2.34. The SMILES string of the molecule is CCOc1ccccc1NC(=O)N(CCN(C)C)c1nc2ccc(OC(F)(F)F)cc2s1.Cl. The van der Waals surface area contributed by atoms with Crippen LogP contribution in [0.2, 0.25) is 0 Å². The quantitative estimate of drug-likeness (QED) is 0.431. The van der Waals surface area contributed by atoms with Crippen molar-refractivity contribution in [1.82, 2.24) is 9.88 Å². The fraction of sp³-hybridized carbons (Fsp3) is 0.333. The summed E-state index contributed by atoms with van der Waals surface area (Å²) >= 11 is 1.11. The average molecular weight is 505 g/mol. The Morgan fingerprint density at radius 1 is 1.15 bits per heavy atom. The summed E-state index contributed by atoms with van der Waals surface area (Å²) in [4.78, 5) is 21.0. The number of para-hydroxylation sites is 2. The van der Waals surface area contributed by atoms with Crippen molar-refractivity contribution in [2.75, 3.05) is 44.0 Å². The number of urea groups is 1. The van der Waals surface area contributed by atoms with Crippen LogP contribution in [0.15, 0.2) is 42.5 Å². The van der Waals surface area contributed by atoms with Gasteiger partial charge in [0, 0.05) is 19.2 Å². The number of amides is 2. The molecule has 0 fully saturated rings. The van der Waals surface area contributed by atoms with E-state index >= 15 is 0 Å². The lowest BCUT2D eigenvalue weighted by Gasteiger charge is -2.23. The molecule has 0 spiro atoms. The Labute approximate surface area is 199 Å². The number of thiazole rings is 1. The number of halogens is 4. The summed E-state index contributed by atoms with van der Waals surface area (Å²) in [5.41, 5.74) is 0.980. The monoisotopic (exact) mass is 504 g/mol. The smallest absolute Gasteiger partial charge is 0.492 e. The lowest BCUT2D eigenvalue weighted by atomic mass is 10.3. The third-order valence-electron chi connectivity index (χ3n) is 4.26. The third-order valence-corrected chi connectivity index (χ3v) is 5.30. The molecule has 0 bridgehead atoms. The Balaban J connectivity index is 0.00000385. The number of carbonyl (C=O) groups excluding carboxylic acids is 1. The van der Waals surface area contributed by atoms with Crippen LogP contribution in [-0.2, 0) is 0 Å². The molecule has 0 radical (unpaired) electrons. The fourth-order valence-corrected chi connectivity index (χ4v) is 3.84. The molecule has 0 aliphatic rings. The van der Waals surface area contributed by atoms with Gasteiger partial charge in [0.25, 0.3) is 0 Å². The van der Waals surface area contributed by atoms with Crippen LogP contribution in [0.4, 0.5) is 28.8 Å². The van der Waals surface area contributed by atoms with Crippen molar-refractivity contribution in [2.24, 2.45) is 0 Å². The molecule has 33 heavy (non-hydrogen) atoms. The predicted molar refractivity (Wildman–Crippen MR) is 126 cm³/mol. The minimum Gasteiger partial charge on any atom is -0.492 e. The van der Waals surface area contributed by atoms with Gasteiger partial charge in [-0.25, -0.2) is 9.78 Å².